The van der Waals surface area contributed by atoms with E-state index < -0.39 is 5.54 Å². The van der Waals surface area contributed by atoms with Gasteiger partial charge in [-0.05, 0) is 60.9 Å². The van der Waals surface area contributed by atoms with Gasteiger partial charge >= 0.3 is 0 Å². The maximum Gasteiger partial charge on any atom is 0.105 e. The average Bonchev–Trinajstić information content (AvgIpc) is 2.23. The second kappa shape index (κ2) is 7.76. The van der Waals surface area contributed by atoms with E-state index in [-0.39, 0.29) is 0 Å². The third-order valence-corrected chi connectivity index (χ3v) is 3.27. The largest absolute Gasteiger partial charge is 0.298 e. The molecule has 0 fully saturated rings. The highest BCUT2D eigenvalue weighted by Crippen LogP contribution is 2.18. The van der Waals surface area contributed by atoms with Crippen molar-refractivity contribution in [2.75, 3.05) is 6.54 Å². The Kier molecular flexibility index (Phi) is 7.51. The fraction of sp³-hybridized carbons (Fsp3) is 0.933. The molecule has 0 saturated heterocycles. The lowest BCUT2D eigenvalue weighted by atomic mass is 9.93. The minimum Gasteiger partial charge on any atom is -0.298 e. The van der Waals surface area contributed by atoms with Crippen molar-refractivity contribution in [1.29, 1.82) is 5.26 Å². The fourth-order valence-corrected chi connectivity index (χ4v) is 2.73. The van der Waals surface area contributed by atoms with Gasteiger partial charge in [-0.15, -0.1) is 0 Å². The highest BCUT2D eigenvalue weighted by molar-refractivity contribution is 5.06. The molecule has 0 aromatic carbocycles. The number of nitriles is 1. The van der Waals surface area contributed by atoms with Gasteiger partial charge in [-0.3, -0.25) is 10.2 Å². The van der Waals surface area contributed by atoms with Crippen LogP contribution in [0.4, 0.5) is 0 Å². The summed E-state index contributed by atoms with van der Waals surface area (Å²) < 4.78 is 0. The van der Waals surface area contributed by atoms with Crippen LogP contribution in [0.1, 0.15) is 61.3 Å². The normalized spacial score (nSPS) is 16.9. The van der Waals surface area contributed by atoms with Crippen molar-refractivity contribution in [2.45, 2.75) is 85.0 Å². The SMILES string of the molecule is CCCN(C(C)C)C(C)CC(C)(C#N)NC(C)C. The van der Waals surface area contributed by atoms with E-state index in [1.54, 1.807) is 0 Å². The molecule has 18 heavy (non-hydrogen) atoms. The van der Waals surface area contributed by atoms with E-state index in [2.05, 4.69) is 57.8 Å². The van der Waals surface area contributed by atoms with E-state index in [4.69, 9.17) is 0 Å². The van der Waals surface area contributed by atoms with Crippen LogP contribution in [0.25, 0.3) is 0 Å². The summed E-state index contributed by atoms with van der Waals surface area (Å²) in [6.45, 7) is 16.2. The van der Waals surface area contributed by atoms with E-state index in [0.717, 1.165) is 19.4 Å². The highest BCUT2D eigenvalue weighted by Gasteiger charge is 2.29. The second-order valence-corrected chi connectivity index (χ2v) is 6.13. The lowest BCUT2D eigenvalue weighted by Gasteiger charge is -2.37. The first-order valence-electron chi connectivity index (χ1n) is 7.20. The molecule has 0 radical (unpaired) electrons. The molecule has 0 saturated carbocycles. The molecule has 2 atom stereocenters. The highest BCUT2D eigenvalue weighted by atomic mass is 15.2. The van der Waals surface area contributed by atoms with Gasteiger partial charge in [0, 0.05) is 18.1 Å². The van der Waals surface area contributed by atoms with E-state index in [1.807, 2.05) is 6.92 Å². The van der Waals surface area contributed by atoms with Gasteiger partial charge in [0.2, 0.25) is 0 Å². The van der Waals surface area contributed by atoms with Crippen molar-refractivity contribution in [3.05, 3.63) is 0 Å². The van der Waals surface area contributed by atoms with Crippen LogP contribution in [-0.4, -0.2) is 35.1 Å². The van der Waals surface area contributed by atoms with Crippen LogP contribution in [0, 0.1) is 11.3 Å². The van der Waals surface area contributed by atoms with Gasteiger partial charge in [0.25, 0.3) is 0 Å². The van der Waals surface area contributed by atoms with Gasteiger partial charge in [-0.2, -0.15) is 5.26 Å². The third-order valence-electron chi connectivity index (χ3n) is 3.27. The summed E-state index contributed by atoms with van der Waals surface area (Å²) >= 11 is 0. The maximum atomic E-state index is 9.40. The van der Waals surface area contributed by atoms with E-state index >= 15 is 0 Å². The first-order chi connectivity index (χ1) is 8.25. The van der Waals surface area contributed by atoms with Crippen molar-refractivity contribution >= 4 is 0 Å². The lowest BCUT2D eigenvalue weighted by Crippen LogP contribution is -2.51. The number of nitrogens with one attached hydrogen (secondary N) is 1. The number of hydrogen-bond acceptors (Lipinski definition) is 3. The number of nitrogens with zero attached hydrogens (tertiary/aromatic N) is 2. The fourth-order valence-electron chi connectivity index (χ4n) is 2.73. The van der Waals surface area contributed by atoms with Crippen LogP contribution in [0.5, 0.6) is 0 Å². The quantitative estimate of drug-likeness (QED) is 0.722. The zero-order valence-corrected chi connectivity index (χ0v) is 13.2. The summed E-state index contributed by atoms with van der Waals surface area (Å²) in [4.78, 5) is 2.48. The molecule has 0 spiro atoms. The van der Waals surface area contributed by atoms with Crippen molar-refractivity contribution in [1.82, 2.24) is 10.2 Å². The smallest absolute Gasteiger partial charge is 0.105 e. The zero-order chi connectivity index (χ0) is 14.3. The molecule has 2 unspecified atom stereocenters. The molecule has 1 N–H and O–H groups in total. The van der Waals surface area contributed by atoms with Crippen molar-refractivity contribution < 1.29 is 0 Å². The standard InChI is InChI=1S/C15H31N3/c1-8-9-18(13(4)5)14(6)10-15(7,11-16)17-12(2)3/h12-14,17H,8-10H2,1-7H3. The van der Waals surface area contributed by atoms with Crippen LogP contribution in [0.15, 0.2) is 0 Å². The Morgan fingerprint density at radius 2 is 1.78 bits per heavy atom. The Morgan fingerprint density at radius 1 is 1.22 bits per heavy atom. The molecule has 3 nitrogen and oxygen atoms in total. The molecular formula is C15H31N3. The van der Waals surface area contributed by atoms with Crippen LogP contribution in [-0.2, 0) is 0 Å². The van der Waals surface area contributed by atoms with E-state index in [9.17, 15) is 5.26 Å². The molecular weight excluding hydrogens is 222 g/mol. The van der Waals surface area contributed by atoms with Crippen molar-refractivity contribution in [3.63, 3.8) is 0 Å². The molecule has 0 aliphatic carbocycles. The summed E-state index contributed by atoms with van der Waals surface area (Å²) in [6.07, 6.45) is 2.02. The molecule has 0 aliphatic rings. The predicted molar refractivity (Wildman–Crippen MR) is 78.5 cm³/mol. The van der Waals surface area contributed by atoms with Crippen LogP contribution >= 0.6 is 0 Å². The van der Waals surface area contributed by atoms with Gasteiger partial charge < -0.3 is 0 Å². The Bertz CT molecular complexity index is 267. The summed E-state index contributed by atoms with van der Waals surface area (Å²) in [5.74, 6) is 0. The monoisotopic (exact) mass is 253 g/mol. The molecule has 0 aromatic heterocycles. The van der Waals surface area contributed by atoms with Gasteiger partial charge in [0.15, 0.2) is 0 Å². The summed E-state index contributed by atoms with van der Waals surface area (Å²) in [6, 6.07) is 3.72. The number of rotatable bonds is 8. The van der Waals surface area contributed by atoms with Gasteiger partial charge in [-0.25, -0.2) is 0 Å². The van der Waals surface area contributed by atoms with E-state index in [1.165, 1.54) is 0 Å². The zero-order valence-electron chi connectivity index (χ0n) is 13.2. The van der Waals surface area contributed by atoms with Crippen molar-refractivity contribution in [3.8, 4) is 6.07 Å². The summed E-state index contributed by atoms with van der Waals surface area (Å²) in [5, 5.41) is 12.8. The van der Waals surface area contributed by atoms with Gasteiger partial charge in [-0.1, -0.05) is 6.92 Å². The van der Waals surface area contributed by atoms with Gasteiger partial charge in [0.1, 0.15) is 5.54 Å². The first kappa shape index (κ1) is 17.4. The molecule has 0 aromatic rings. The molecule has 0 aliphatic heterocycles. The molecule has 0 rings (SSSR count). The molecule has 0 heterocycles. The van der Waals surface area contributed by atoms with Crippen LogP contribution < -0.4 is 5.32 Å². The lowest BCUT2D eigenvalue weighted by molar-refractivity contribution is 0.137. The Morgan fingerprint density at radius 3 is 2.11 bits per heavy atom. The summed E-state index contributed by atoms with van der Waals surface area (Å²) in [7, 11) is 0. The number of hydrogen-bond donors (Lipinski definition) is 1. The van der Waals surface area contributed by atoms with Gasteiger partial charge in [0.05, 0.1) is 6.07 Å². The average molecular weight is 253 g/mol. The third kappa shape index (κ3) is 5.84. The Hall–Kier alpha value is -0.590. The molecule has 3 heteroatoms. The molecule has 106 valence electrons. The minimum atomic E-state index is -0.436. The predicted octanol–water partition coefficient (Wildman–Crippen LogP) is 3.17. The van der Waals surface area contributed by atoms with E-state index in [0.29, 0.717) is 18.1 Å². The Labute approximate surface area is 114 Å². The van der Waals surface area contributed by atoms with Crippen LogP contribution in [0.3, 0.4) is 0 Å². The molecule has 0 amide bonds. The second-order valence-electron chi connectivity index (χ2n) is 6.13. The minimum absolute atomic E-state index is 0.334. The maximum absolute atomic E-state index is 9.40. The van der Waals surface area contributed by atoms with Crippen molar-refractivity contribution in [2.24, 2.45) is 0 Å². The molecule has 0 bridgehead atoms. The van der Waals surface area contributed by atoms with Crippen LogP contribution in [0.2, 0.25) is 0 Å². The topological polar surface area (TPSA) is 39.1 Å². The summed E-state index contributed by atoms with van der Waals surface area (Å²) in [5.41, 5.74) is -0.436. The Balaban J connectivity index is 4.67. The first-order valence-corrected chi connectivity index (χ1v) is 7.20.